The molecule has 0 aromatic carbocycles. The summed E-state index contributed by atoms with van der Waals surface area (Å²) in [5.41, 5.74) is 8.10. The van der Waals surface area contributed by atoms with Gasteiger partial charge in [-0.05, 0) is 24.8 Å². The van der Waals surface area contributed by atoms with Gasteiger partial charge in [-0.2, -0.15) is 9.61 Å². The van der Waals surface area contributed by atoms with E-state index < -0.39 is 0 Å². The van der Waals surface area contributed by atoms with Crippen LogP contribution in [-0.2, 0) is 4.79 Å². The number of nitrogens with two attached hydrogens (primary N) is 1. The zero-order valence-electron chi connectivity index (χ0n) is 13.6. The first-order valence-corrected chi connectivity index (χ1v) is 7.84. The Morgan fingerprint density at radius 1 is 1.54 bits per heavy atom. The number of hydrogen-bond acceptors (Lipinski definition) is 5. The minimum atomic E-state index is -0.312. The second kappa shape index (κ2) is 6.66. The van der Waals surface area contributed by atoms with Crippen LogP contribution < -0.4 is 11.1 Å². The average Bonchev–Trinajstić information content (AvgIpc) is 2.89. The lowest BCUT2D eigenvalue weighted by Crippen LogP contribution is -2.18. The third-order valence-corrected chi connectivity index (χ3v) is 4.13. The Balaban J connectivity index is 1.97. The Morgan fingerprint density at radius 3 is 2.96 bits per heavy atom. The summed E-state index contributed by atoms with van der Waals surface area (Å²) in [6.07, 6.45) is 9.91. The van der Waals surface area contributed by atoms with Gasteiger partial charge < -0.3 is 11.1 Å². The average molecular weight is 324 g/mol. The van der Waals surface area contributed by atoms with Crippen LogP contribution in [0.4, 0.5) is 11.6 Å². The smallest absolute Gasteiger partial charge is 0.258 e. The van der Waals surface area contributed by atoms with E-state index in [1.807, 2.05) is 6.20 Å². The molecule has 24 heavy (non-hydrogen) atoms. The molecule has 3 rings (SSSR count). The van der Waals surface area contributed by atoms with Crippen LogP contribution in [0.3, 0.4) is 0 Å². The van der Waals surface area contributed by atoms with Crippen molar-refractivity contribution >= 4 is 29.4 Å². The van der Waals surface area contributed by atoms with E-state index in [2.05, 4.69) is 27.0 Å². The van der Waals surface area contributed by atoms with Crippen LogP contribution in [0.25, 0.3) is 5.65 Å². The van der Waals surface area contributed by atoms with Gasteiger partial charge in [-0.1, -0.05) is 19.1 Å². The minimum Gasteiger partial charge on any atom is -0.384 e. The number of nitrogen functional groups attached to an aromatic ring is 1. The molecule has 7 nitrogen and oxygen atoms in total. The van der Waals surface area contributed by atoms with Crippen LogP contribution in [0.15, 0.2) is 41.6 Å². The molecule has 0 radical (unpaired) electrons. The van der Waals surface area contributed by atoms with Crippen molar-refractivity contribution in [1.82, 2.24) is 14.6 Å². The number of aliphatic imine (C=N–C) groups is 1. The number of amides is 1. The third kappa shape index (κ3) is 2.92. The summed E-state index contributed by atoms with van der Waals surface area (Å²) < 4.78 is 1.62. The molecule has 2 aromatic heterocycles. The molecule has 0 unspecified atom stereocenters. The molecule has 3 N–H and O–H groups in total. The number of rotatable bonds is 5. The summed E-state index contributed by atoms with van der Waals surface area (Å²) in [4.78, 5) is 20.7. The van der Waals surface area contributed by atoms with E-state index in [4.69, 9.17) is 5.73 Å². The molecular weight excluding hydrogens is 304 g/mol. The van der Waals surface area contributed by atoms with Gasteiger partial charge in [0.25, 0.3) is 5.91 Å². The van der Waals surface area contributed by atoms with E-state index in [9.17, 15) is 4.79 Å². The van der Waals surface area contributed by atoms with Crippen molar-refractivity contribution in [3.05, 3.63) is 42.1 Å². The largest absolute Gasteiger partial charge is 0.384 e. The molecule has 7 heteroatoms. The Hall–Kier alpha value is -2.96. The number of carbonyl (C=O) groups excluding carboxylic acids is 1. The molecule has 2 heterocycles. The van der Waals surface area contributed by atoms with E-state index in [0.717, 1.165) is 18.4 Å². The number of hydrogen-bond donors (Lipinski definition) is 2. The quantitative estimate of drug-likeness (QED) is 0.501. The topological polar surface area (TPSA) is 97.7 Å². The zero-order chi connectivity index (χ0) is 17.1. The van der Waals surface area contributed by atoms with Gasteiger partial charge in [-0.25, -0.2) is 4.98 Å². The van der Waals surface area contributed by atoms with Gasteiger partial charge in [-0.15, -0.1) is 0 Å². The second-order valence-electron chi connectivity index (χ2n) is 5.73. The Bertz CT molecular complexity index is 844. The molecule has 124 valence electrons. The first kappa shape index (κ1) is 15.9. The second-order valence-corrected chi connectivity index (χ2v) is 5.73. The highest BCUT2D eigenvalue weighted by atomic mass is 16.1. The molecular formula is C17H20N6O. The lowest BCUT2D eigenvalue weighted by molar-refractivity contribution is -0.112. The molecule has 1 amide bonds. The van der Waals surface area contributed by atoms with Crippen LogP contribution in [0.2, 0.25) is 0 Å². The lowest BCUT2D eigenvalue weighted by atomic mass is 9.81. The lowest BCUT2D eigenvalue weighted by Gasteiger charge is -2.24. The molecule has 1 aliphatic rings. The number of carbonyl (C=O) groups is 1. The maximum atomic E-state index is 12.4. The van der Waals surface area contributed by atoms with Gasteiger partial charge in [-0.3, -0.25) is 9.79 Å². The van der Waals surface area contributed by atoms with Crippen LogP contribution >= 0.6 is 0 Å². The SMILES string of the molecule is C=C/C=C(\C=NC)C(=O)Nc1cc(N)nc2c(C3CCC3)cnn12. The Morgan fingerprint density at radius 2 is 2.33 bits per heavy atom. The normalized spacial score (nSPS) is 15.6. The monoisotopic (exact) mass is 324 g/mol. The number of nitrogens with zero attached hydrogens (tertiary/aromatic N) is 4. The van der Waals surface area contributed by atoms with Gasteiger partial charge in [0.1, 0.15) is 11.6 Å². The fraction of sp³-hybridized carbons (Fsp3) is 0.294. The van der Waals surface area contributed by atoms with E-state index >= 15 is 0 Å². The number of anilines is 2. The summed E-state index contributed by atoms with van der Waals surface area (Å²) in [5.74, 6) is 0.988. The van der Waals surface area contributed by atoms with Crippen LogP contribution in [0, 0.1) is 0 Å². The van der Waals surface area contributed by atoms with E-state index in [1.54, 1.807) is 23.7 Å². The van der Waals surface area contributed by atoms with Gasteiger partial charge >= 0.3 is 0 Å². The molecule has 0 aliphatic heterocycles. The maximum Gasteiger partial charge on any atom is 0.258 e. The standard InChI is InChI=1S/C17H20N6O/c1-3-5-12(9-19-2)17(24)22-15-8-14(18)21-16-13(10-20-23(15)16)11-6-4-7-11/h3,5,8-11H,1,4,6-7H2,2H3,(H2,18,21)(H,22,24)/b12-5+,19-9?. The highest BCUT2D eigenvalue weighted by Gasteiger charge is 2.24. The van der Waals surface area contributed by atoms with E-state index in [0.29, 0.717) is 28.8 Å². The van der Waals surface area contributed by atoms with E-state index in [-0.39, 0.29) is 5.91 Å². The van der Waals surface area contributed by atoms with Crippen molar-refractivity contribution < 1.29 is 4.79 Å². The first-order chi connectivity index (χ1) is 11.6. The fourth-order valence-electron chi connectivity index (χ4n) is 2.73. The molecule has 0 saturated heterocycles. The number of nitrogens with one attached hydrogen (secondary N) is 1. The van der Waals surface area contributed by atoms with Crippen LogP contribution in [-0.4, -0.2) is 33.8 Å². The van der Waals surface area contributed by atoms with Crippen molar-refractivity contribution in [2.24, 2.45) is 4.99 Å². The zero-order valence-corrected chi connectivity index (χ0v) is 13.6. The predicted octanol–water partition coefficient (Wildman–Crippen LogP) is 2.33. The van der Waals surface area contributed by atoms with Gasteiger partial charge in [0, 0.05) is 24.9 Å². The molecule has 1 fully saturated rings. The van der Waals surface area contributed by atoms with Crippen molar-refractivity contribution in [1.29, 1.82) is 0 Å². The molecule has 0 atom stereocenters. The first-order valence-electron chi connectivity index (χ1n) is 7.84. The summed E-state index contributed by atoms with van der Waals surface area (Å²) in [6.45, 7) is 3.61. The minimum absolute atomic E-state index is 0.312. The van der Waals surface area contributed by atoms with Crippen LogP contribution in [0.1, 0.15) is 30.7 Å². The van der Waals surface area contributed by atoms with Crippen molar-refractivity contribution in [3.8, 4) is 0 Å². The van der Waals surface area contributed by atoms with Crippen molar-refractivity contribution in [2.45, 2.75) is 25.2 Å². The highest BCUT2D eigenvalue weighted by Crippen LogP contribution is 2.38. The predicted molar refractivity (Wildman–Crippen MR) is 95.3 cm³/mol. The van der Waals surface area contributed by atoms with Crippen LogP contribution in [0.5, 0.6) is 0 Å². The van der Waals surface area contributed by atoms with Crippen molar-refractivity contribution in [3.63, 3.8) is 0 Å². The summed E-state index contributed by atoms with van der Waals surface area (Å²) in [5, 5.41) is 7.20. The Kier molecular flexibility index (Phi) is 4.41. The Labute approximate surface area is 140 Å². The molecule has 1 aliphatic carbocycles. The summed E-state index contributed by atoms with van der Waals surface area (Å²) in [7, 11) is 1.60. The van der Waals surface area contributed by atoms with E-state index in [1.165, 1.54) is 18.7 Å². The van der Waals surface area contributed by atoms with Gasteiger partial charge in [0.2, 0.25) is 0 Å². The molecule has 0 spiro atoms. The molecule has 1 saturated carbocycles. The summed E-state index contributed by atoms with van der Waals surface area (Å²) in [6, 6.07) is 1.59. The van der Waals surface area contributed by atoms with Gasteiger partial charge in [0.05, 0.1) is 11.8 Å². The fourth-order valence-corrected chi connectivity index (χ4v) is 2.73. The summed E-state index contributed by atoms with van der Waals surface area (Å²) >= 11 is 0. The number of aromatic nitrogens is 3. The molecule has 2 aromatic rings. The number of allylic oxidation sites excluding steroid dienone is 2. The molecule has 0 bridgehead atoms. The number of fused-ring (bicyclic) bond motifs is 1. The third-order valence-electron chi connectivity index (χ3n) is 4.13. The van der Waals surface area contributed by atoms with Gasteiger partial charge in [0.15, 0.2) is 5.65 Å². The van der Waals surface area contributed by atoms with Crippen molar-refractivity contribution in [2.75, 3.05) is 18.1 Å². The highest BCUT2D eigenvalue weighted by molar-refractivity contribution is 6.17. The maximum absolute atomic E-state index is 12.4.